The third-order valence-corrected chi connectivity index (χ3v) is 4.83. The maximum Gasteiger partial charge on any atom is 0.416 e. The number of sulfonamides is 1. The number of allylic oxidation sites excluding steroid dienone is 1. The predicted octanol–water partition coefficient (Wildman–Crippen LogP) is 3.51. The number of alkyl halides is 3. The summed E-state index contributed by atoms with van der Waals surface area (Å²) >= 11 is 0. The van der Waals surface area contributed by atoms with E-state index < -0.39 is 27.5 Å². The van der Waals surface area contributed by atoms with Gasteiger partial charge in [-0.2, -0.15) is 13.2 Å². The number of halogens is 3. The predicted molar refractivity (Wildman–Crippen MR) is 87.5 cm³/mol. The fourth-order valence-corrected chi connectivity index (χ4v) is 2.81. The molecule has 0 atom stereocenters. The molecule has 0 radical (unpaired) electrons. The molecule has 25 heavy (non-hydrogen) atoms. The Bertz CT molecular complexity index is 901. The normalized spacial score (nSPS) is 12.5. The number of rotatable bonds is 5. The van der Waals surface area contributed by atoms with E-state index >= 15 is 0 Å². The highest BCUT2D eigenvalue weighted by atomic mass is 32.2. The van der Waals surface area contributed by atoms with Gasteiger partial charge in [0.25, 0.3) is 0 Å². The van der Waals surface area contributed by atoms with Crippen LogP contribution in [0.15, 0.2) is 59.5 Å². The number of hydrogen-bond acceptors (Lipinski definition) is 3. The van der Waals surface area contributed by atoms with Crippen LogP contribution in [0.2, 0.25) is 0 Å². The van der Waals surface area contributed by atoms with Crippen LogP contribution in [-0.4, -0.2) is 21.2 Å². The summed E-state index contributed by atoms with van der Waals surface area (Å²) in [5.41, 5.74) is -0.803. The lowest BCUT2D eigenvalue weighted by molar-refractivity contribution is -0.137. The second kappa shape index (κ2) is 7.20. The van der Waals surface area contributed by atoms with E-state index in [0.29, 0.717) is 0 Å². The van der Waals surface area contributed by atoms with Gasteiger partial charge in [0.15, 0.2) is 5.78 Å². The summed E-state index contributed by atoms with van der Waals surface area (Å²) in [4.78, 5) is 12.1. The van der Waals surface area contributed by atoms with Crippen LogP contribution in [0.3, 0.4) is 0 Å². The first-order valence-electron chi connectivity index (χ1n) is 7.07. The molecule has 132 valence electrons. The van der Waals surface area contributed by atoms with Gasteiger partial charge in [0.05, 0.1) is 10.5 Å². The number of nitrogens with one attached hydrogen (secondary N) is 1. The monoisotopic (exact) mass is 369 g/mol. The lowest BCUT2D eigenvalue weighted by atomic mass is 10.0. The second-order valence-corrected chi connectivity index (χ2v) is 6.90. The zero-order valence-electron chi connectivity index (χ0n) is 13.0. The number of carbonyl (C=O) groups excluding carboxylic acids is 1. The summed E-state index contributed by atoms with van der Waals surface area (Å²) in [6.07, 6.45) is -2.41. The van der Waals surface area contributed by atoms with E-state index in [0.717, 1.165) is 18.2 Å². The lowest BCUT2D eigenvalue weighted by Gasteiger charge is -2.09. The smallest absolute Gasteiger partial charge is 0.289 e. The Labute approximate surface area is 143 Å². The van der Waals surface area contributed by atoms with E-state index in [9.17, 15) is 26.4 Å². The molecule has 0 fully saturated rings. The van der Waals surface area contributed by atoms with E-state index in [2.05, 4.69) is 4.72 Å². The van der Waals surface area contributed by atoms with E-state index in [4.69, 9.17) is 0 Å². The molecule has 0 spiro atoms. The van der Waals surface area contributed by atoms with E-state index in [1.54, 1.807) is 0 Å². The Kier molecular flexibility index (Phi) is 5.44. The molecular weight excluding hydrogens is 355 g/mol. The maximum atomic E-state index is 12.9. The van der Waals surface area contributed by atoms with Crippen LogP contribution in [0.1, 0.15) is 21.5 Å². The van der Waals surface area contributed by atoms with Crippen LogP contribution in [0.5, 0.6) is 0 Å². The van der Waals surface area contributed by atoms with Crippen LogP contribution in [0, 0.1) is 0 Å². The summed E-state index contributed by atoms with van der Waals surface area (Å²) in [6.45, 7) is 0. The summed E-state index contributed by atoms with van der Waals surface area (Å²) in [6, 6.07) is 9.99. The average Bonchev–Trinajstić information content (AvgIpc) is 2.59. The molecule has 0 saturated carbocycles. The fraction of sp³-hybridized carbons (Fsp3) is 0.118. The molecule has 0 aliphatic carbocycles. The molecule has 4 nitrogen and oxygen atoms in total. The maximum absolute atomic E-state index is 12.9. The van der Waals surface area contributed by atoms with E-state index in [1.165, 1.54) is 49.5 Å². The Morgan fingerprint density at radius 3 is 2.20 bits per heavy atom. The van der Waals surface area contributed by atoms with Gasteiger partial charge in [-0.1, -0.05) is 24.3 Å². The van der Waals surface area contributed by atoms with Gasteiger partial charge in [-0.25, -0.2) is 13.1 Å². The lowest BCUT2D eigenvalue weighted by Crippen LogP contribution is -2.18. The van der Waals surface area contributed by atoms with Gasteiger partial charge in [0.2, 0.25) is 10.0 Å². The molecule has 2 rings (SSSR count). The fourth-order valence-electron chi connectivity index (χ4n) is 2.08. The Morgan fingerprint density at radius 2 is 1.64 bits per heavy atom. The summed E-state index contributed by atoms with van der Waals surface area (Å²) < 4.78 is 64.1. The molecular formula is C17H14F3NO3S. The van der Waals surface area contributed by atoms with Crippen LogP contribution in [-0.2, 0) is 16.2 Å². The molecule has 0 saturated heterocycles. The first-order chi connectivity index (χ1) is 11.6. The molecule has 0 aromatic heterocycles. The SMILES string of the molecule is CNS(=O)(=O)c1ccc(C(=O)/C=C/c2ccccc2C(F)(F)F)cc1. The van der Waals surface area contributed by atoms with Crippen molar-refractivity contribution in [3.8, 4) is 0 Å². The van der Waals surface area contributed by atoms with E-state index in [-0.39, 0.29) is 16.0 Å². The minimum absolute atomic E-state index is 0.0158. The Hall–Kier alpha value is -2.45. The molecule has 0 aliphatic rings. The third-order valence-electron chi connectivity index (χ3n) is 3.40. The second-order valence-electron chi connectivity index (χ2n) is 5.01. The number of carbonyl (C=O) groups is 1. The summed E-state index contributed by atoms with van der Waals surface area (Å²) in [5, 5.41) is 0. The molecule has 0 heterocycles. The van der Waals surface area contributed by atoms with Gasteiger partial charge >= 0.3 is 6.18 Å². The van der Waals surface area contributed by atoms with Gasteiger partial charge in [-0.3, -0.25) is 4.79 Å². The number of ketones is 1. The summed E-state index contributed by atoms with van der Waals surface area (Å²) in [5.74, 6) is -0.537. The van der Waals surface area contributed by atoms with Gasteiger partial charge in [0, 0.05) is 5.56 Å². The van der Waals surface area contributed by atoms with Crippen molar-refractivity contribution in [3.05, 3.63) is 71.3 Å². The quantitative estimate of drug-likeness (QED) is 0.648. The molecule has 0 aliphatic heterocycles. The van der Waals surface area contributed by atoms with Crippen molar-refractivity contribution in [1.29, 1.82) is 0 Å². The number of hydrogen-bond donors (Lipinski definition) is 1. The van der Waals surface area contributed by atoms with Crippen LogP contribution < -0.4 is 4.72 Å². The zero-order valence-corrected chi connectivity index (χ0v) is 13.9. The Balaban J connectivity index is 2.25. The van der Waals surface area contributed by atoms with Crippen LogP contribution in [0.25, 0.3) is 6.08 Å². The highest BCUT2D eigenvalue weighted by molar-refractivity contribution is 7.89. The van der Waals surface area contributed by atoms with Crippen molar-refractivity contribution >= 4 is 21.9 Å². The first kappa shape index (κ1) is 18.9. The van der Waals surface area contributed by atoms with Crippen molar-refractivity contribution in [2.45, 2.75) is 11.1 Å². The van der Waals surface area contributed by atoms with Gasteiger partial charge in [-0.05, 0) is 49.0 Å². The van der Waals surface area contributed by atoms with E-state index in [1.807, 2.05) is 0 Å². The van der Waals surface area contributed by atoms with Gasteiger partial charge < -0.3 is 0 Å². The first-order valence-corrected chi connectivity index (χ1v) is 8.56. The largest absolute Gasteiger partial charge is 0.416 e. The van der Waals surface area contributed by atoms with Gasteiger partial charge in [-0.15, -0.1) is 0 Å². The van der Waals surface area contributed by atoms with Crippen LogP contribution in [0.4, 0.5) is 13.2 Å². The summed E-state index contributed by atoms with van der Waals surface area (Å²) in [7, 11) is -2.36. The minimum atomic E-state index is -4.52. The molecule has 8 heteroatoms. The highest BCUT2D eigenvalue weighted by Crippen LogP contribution is 2.32. The zero-order chi connectivity index (χ0) is 18.7. The molecule has 1 N–H and O–H groups in total. The molecule has 0 bridgehead atoms. The molecule has 0 unspecified atom stereocenters. The van der Waals surface area contributed by atoms with Crippen molar-refractivity contribution in [2.75, 3.05) is 7.05 Å². The minimum Gasteiger partial charge on any atom is -0.289 e. The van der Waals surface area contributed by atoms with Gasteiger partial charge in [0.1, 0.15) is 0 Å². The third kappa shape index (κ3) is 4.55. The average molecular weight is 369 g/mol. The molecule has 0 amide bonds. The van der Waals surface area contributed by atoms with Crippen LogP contribution >= 0.6 is 0 Å². The topological polar surface area (TPSA) is 63.2 Å². The van der Waals surface area contributed by atoms with Crippen molar-refractivity contribution in [1.82, 2.24) is 4.72 Å². The van der Waals surface area contributed by atoms with Crippen molar-refractivity contribution < 1.29 is 26.4 Å². The molecule has 2 aromatic carbocycles. The number of benzene rings is 2. The van der Waals surface area contributed by atoms with Crippen molar-refractivity contribution in [3.63, 3.8) is 0 Å². The van der Waals surface area contributed by atoms with Crippen molar-refractivity contribution in [2.24, 2.45) is 0 Å². The Morgan fingerprint density at radius 1 is 1.04 bits per heavy atom. The molecule has 2 aromatic rings. The standard InChI is InChI=1S/C17H14F3NO3S/c1-21-25(23,24)14-9-6-13(7-10-14)16(22)11-8-12-4-2-3-5-15(12)17(18,19)20/h2-11,21H,1H3/b11-8+. The highest BCUT2D eigenvalue weighted by Gasteiger charge is 2.32.